The van der Waals surface area contributed by atoms with E-state index in [2.05, 4.69) is 23.5 Å². The number of hydrogen-bond donors (Lipinski definition) is 1. The van der Waals surface area contributed by atoms with Crippen molar-refractivity contribution in [1.29, 1.82) is 0 Å². The van der Waals surface area contributed by atoms with Crippen LogP contribution in [0, 0.1) is 0 Å². The molecule has 3 aromatic heterocycles. The van der Waals surface area contributed by atoms with Gasteiger partial charge in [0.2, 0.25) is 0 Å². The zero-order valence-corrected chi connectivity index (χ0v) is 16.3. The molecule has 0 aliphatic rings. The van der Waals surface area contributed by atoms with Crippen LogP contribution in [0.3, 0.4) is 0 Å². The van der Waals surface area contributed by atoms with Gasteiger partial charge in [-0.05, 0) is 46.8 Å². The van der Waals surface area contributed by atoms with E-state index in [1.807, 2.05) is 70.6 Å². The van der Waals surface area contributed by atoms with Crippen LogP contribution < -0.4 is 5.32 Å². The van der Waals surface area contributed by atoms with Crippen molar-refractivity contribution in [3.63, 3.8) is 0 Å². The molecule has 5 rings (SSSR count). The van der Waals surface area contributed by atoms with Crippen LogP contribution in [0.5, 0.6) is 0 Å². The van der Waals surface area contributed by atoms with E-state index in [9.17, 15) is 4.79 Å². The topological polar surface area (TPSA) is 46.4 Å². The maximum Gasteiger partial charge on any atom is 0.256 e. The quantitative estimate of drug-likeness (QED) is 0.407. The molecule has 0 aliphatic heterocycles. The highest BCUT2D eigenvalue weighted by molar-refractivity contribution is 7.13. The normalized spacial score (nSPS) is 10.9. The zero-order valence-electron chi connectivity index (χ0n) is 15.4. The molecule has 4 nitrogen and oxygen atoms in total. The third kappa shape index (κ3) is 3.32. The van der Waals surface area contributed by atoms with Gasteiger partial charge in [0.1, 0.15) is 17.2 Å². The second kappa shape index (κ2) is 7.37. The van der Waals surface area contributed by atoms with E-state index < -0.39 is 0 Å². The molecule has 1 N–H and O–H groups in total. The minimum atomic E-state index is -0.157. The van der Waals surface area contributed by atoms with Crippen LogP contribution in [-0.2, 0) is 0 Å². The lowest BCUT2D eigenvalue weighted by Gasteiger charge is -2.09. The van der Waals surface area contributed by atoms with Gasteiger partial charge in [-0.1, -0.05) is 54.6 Å². The molecule has 1 amide bonds. The first kappa shape index (κ1) is 17.4. The number of anilines is 1. The lowest BCUT2D eigenvalue weighted by molar-refractivity contribution is 0.102. The van der Waals surface area contributed by atoms with Crippen LogP contribution in [0.2, 0.25) is 0 Å². The van der Waals surface area contributed by atoms with Crippen LogP contribution >= 0.6 is 11.3 Å². The van der Waals surface area contributed by atoms with Gasteiger partial charge in [-0.15, -0.1) is 11.3 Å². The second-order valence-corrected chi connectivity index (χ2v) is 7.57. The fourth-order valence-corrected chi connectivity index (χ4v) is 4.03. The van der Waals surface area contributed by atoms with E-state index in [4.69, 9.17) is 4.98 Å². The summed E-state index contributed by atoms with van der Waals surface area (Å²) in [5.74, 6) is 0.518. The van der Waals surface area contributed by atoms with E-state index in [-0.39, 0.29) is 5.91 Å². The fraction of sp³-hybridized carbons (Fsp3) is 0. The highest BCUT2D eigenvalue weighted by Gasteiger charge is 2.18. The maximum atomic E-state index is 12.9. The number of amides is 1. The highest BCUT2D eigenvalue weighted by Crippen LogP contribution is 2.33. The first-order valence-electron chi connectivity index (χ1n) is 9.27. The van der Waals surface area contributed by atoms with Gasteiger partial charge in [-0.25, -0.2) is 4.98 Å². The number of nitrogens with zero attached hydrogens (tertiary/aromatic N) is 2. The molecule has 0 radical (unpaired) electrons. The second-order valence-electron chi connectivity index (χ2n) is 6.62. The average molecular weight is 395 g/mol. The molecule has 0 aliphatic carbocycles. The lowest BCUT2D eigenvalue weighted by atomic mass is 10.1. The molecule has 3 heterocycles. The smallest absolute Gasteiger partial charge is 0.256 e. The fourth-order valence-electron chi connectivity index (χ4n) is 3.32. The molecule has 0 bridgehead atoms. The Morgan fingerprint density at radius 1 is 0.828 bits per heavy atom. The molecule has 29 heavy (non-hydrogen) atoms. The van der Waals surface area contributed by atoms with Crippen molar-refractivity contribution < 1.29 is 4.79 Å². The highest BCUT2D eigenvalue weighted by atomic mass is 32.1. The molecular formula is C24H17N3OS. The summed E-state index contributed by atoms with van der Waals surface area (Å²) in [6, 6.07) is 27.4. The zero-order chi connectivity index (χ0) is 19.6. The predicted octanol–water partition coefficient (Wildman–Crippen LogP) is 5.98. The molecule has 0 fully saturated rings. The molecule has 5 heteroatoms. The average Bonchev–Trinajstić information content (AvgIpc) is 3.43. The monoisotopic (exact) mass is 395 g/mol. The van der Waals surface area contributed by atoms with Gasteiger partial charge in [0.15, 0.2) is 0 Å². The summed E-state index contributed by atoms with van der Waals surface area (Å²) >= 11 is 1.60. The van der Waals surface area contributed by atoms with E-state index in [0.717, 1.165) is 27.3 Å². The number of rotatable bonds is 4. The standard InChI is InChI=1S/C24H17N3OS/c28-24(18-10-5-2-6-11-18)26-23-22(20-12-7-15-29-20)25-21-14-13-19(16-27(21)23)17-8-3-1-4-9-17/h1-16H,(H,26,28). The largest absolute Gasteiger partial charge is 0.306 e. The van der Waals surface area contributed by atoms with Gasteiger partial charge in [-0.2, -0.15) is 0 Å². The number of benzene rings is 2. The predicted molar refractivity (Wildman–Crippen MR) is 118 cm³/mol. The minimum absolute atomic E-state index is 0.157. The molecule has 140 valence electrons. The maximum absolute atomic E-state index is 12.9. The first-order valence-corrected chi connectivity index (χ1v) is 10.2. The summed E-state index contributed by atoms with van der Waals surface area (Å²) in [7, 11) is 0. The molecule has 0 atom stereocenters. The molecule has 0 spiro atoms. The van der Waals surface area contributed by atoms with Crippen molar-refractivity contribution in [2.24, 2.45) is 0 Å². The van der Waals surface area contributed by atoms with Gasteiger partial charge in [-0.3, -0.25) is 9.20 Å². The summed E-state index contributed by atoms with van der Waals surface area (Å²) in [5, 5.41) is 5.10. The Balaban J connectivity index is 1.66. The minimum Gasteiger partial charge on any atom is -0.306 e. The van der Waals surface area contributed by atoms with Gasteiger partial charge in [0.25, 0.3) is 5.91 Å². The van der Waals surface area contributed by atoms with Crippen molar-refractivity contribution in [2.75, 3.05) is 5.32 Å². The van der Waals surface area contributed by atoms with Crippen molar-refractivity contribution in [3.05, 3.63) is 102 Å². The lowest BCUT2D eigenvalue weighted by Crippen LogP contribution is -2.13. The Hall–Kier alpha value is -3.70. The summed E-state index contributed by atoms with van der Waals surface area (Å²) in [5.41, 5.74) is 4.34. The Bertz CT molecular complexity index is 1280. The summed E-state index contributed by atoms with van der Waals surface area (Å²) in [6.45, 7) is 0. The molecule has 0 saturated carbocycles. The SMILES string of the molecule is O=C(Nc1c(-c2cccs2)nc2ccc(-c3ccccc3)cn12)c1ccccc1. The molecule has 0 unspecified atom stereocenters. The van der Waals surface area contributed by atoms with Gasteiger partial charge in [0.05, 0.1) is 4.88 Å². The van der Waals surface area contributed by atoms with Crippen LogP contribution in [0.15, 0.2) is 96.5 Å². The third-order valence-corrected chi connectivity index (χ3v) is 5.62. The Morgan fingerprint density at radius 2 is 1.59 bits per heavy atom. The van der Waals surface area contributed by atoms with Crippen molar-refractivity contribution in [2.45, 2.75) is 0 Å². The van der Waals surface area contributed by atoms with Gasteiger partial charge in [0, 0.05) is 11.8 Å². The van der Waals surface area contributed by atoms with Gasteiger partial charge < -0.3 is 5.32 Å². The number of fused-ring (bicyclic) bond motifs is 1. The number of pyridine rings is 1. The van der Waals surface area contributed by atoms with Crippen molar-refractivity contribution in [3.8, 4) is 21.7 Å². The number of nitrogens with one attached hydrogen (secondary N) is 1. The third-order valence-electron chi connectivity index (χ3n) is 4.75. The van der Waals surface area contributed by atoms with Crippen LogP contribution in [-0.4, -0.2) is 15.3 Å². The number of carbonyl (C=O) groups excluding carboxylic acids is 1. The molecule has 2 aromatic carbocycles. The Kier molecular flexibility index (Phi) is 4.42. The van der Waals surface area contributed by atoms with E-state index >= 15 is 0 Å². The van der Waals surface area contributed by atoms with Crippen molar-refractivity contribution in [1.82, 2.24) is 9.38 Å². The van der Waals surface area contributed by atoms with Crippen LogP contribution in [0.25, 0.3) is 27.3 Å². The Morgan fingerprint density at radius 3 is 2.31 bits per heavy atom. The number of thiophene rings is 1. The van der Waals surface area contributed by atoms with E-state index in [1.165, 1.54) is 0 Å². The number of hydrogen-bond acceptors (Lipinski definition) is 3. The van der Waals surface area contributed by atoms with E-state index in [0.29, 0.717) is 11.4 Å². The van der Waals surface area contributed by atoms with Crippen LogP contribution in [0.4, 0.5) is 5.82 Å². The summed E-state index contributed by atoms with van der Waals surface area (Å²) in [4.78, 5) is 18.7. The van der Waals surface area contributed by atoms with Gasteiger partial charge >= 0.3 is 0 Å². The van der Waals surface area contributed by atoms with Crippen LogP contribution in [0.1, 0.15) is 10.4 Å². The number of imidazole rings is 1. The number of aromatic nitrogens is 2. The molecular weight excluding hydrogens is 378 g/mol. The number of carbonyl (C=O) groups is 1. The molecule has 5 aromatic rings. The summed E-state index contributed by atoms with van der Waals surface area (Å²) in [6.07, 6.45) is 2.02. The Labute approximate surface area is 172 Å². The van der Waals surface area contributed by atoms with E-state index in [1.54, 1.807) is 23.5 Å². The first-order chi connectivity index (χ1) is 14.3. The molecule has 0 saturated heterocycles. The van der Waals surface area contributed by atoms with Crippen molar-refractivity contribution >= 4 is 28.7 Å². The summed E-state index contributed by atoms with van der Waals surface area (Å²) < 4.78 is 1.96.